The highest BCUT2D eigenvalue weighted by Gasteiger charge is 2.13. The normalized spacial score (nSPS) is 10.8. The molecule has 0 N–H and O–H groups in total. The molecule has 0 atom stereocenters. The first-order valence-corrected chi connectivity index (χ1v) is 6.29. The van der Waals surface area contributed by atoms with E-state index in [9.17, 15) is 4.79 Å². The van der Waals surface area contributed by atoms with Gasteiger partial charge in [0.2, 0.25) is 0 Å². The first kappa shape index (κ1) is 12.0. The third kappa shape index (κ3) is 1.94. The molecule has 3 aromatic rings. The first-order chi connectivity index (χ1) is 9.20. The molecule has 0 radical (unpaired) electrons. The average molecular weight is 321 g/mol. The van der Waals surface area contributed by atoms with Gasteiger partial charge >= 0.3 is 5.76 Å². The maximum absolute atomic E-state index is 11.6. The van der Waals surface area contributed by atoms with Crippen molar-refractivity contribution >= 4 is 26.8 Å². The number of nitrogens with zero attached hydrogens (tertiary/aromatic N) is 2. The van der Waals surface area contributed by atoms with Crippen molar-refractivity contribution in [3.8, 4) is 11.4 Å². The third-order valence-corrected chi connectivity index (χ3v) is 3.29. The highest BCUT2D eigenvalue weighted by Crippen LogP contribution is 2.32. The maximum Gasteiger partial charge on any atom is 0.423 e. The Hall–Kier alpha value is -2.08. The number of hydrogen-bond acceptors (Lipinski definition) is 4. The second-order valence-corrected chi connectivity index (χ2v) is 4.79. The Labute approximate surface area is 116 Å². The highest BCUT2D eigenvalue weighted by molar-refractivity contribution is 9.10. The fraction of sp³-hybridized carbons (Fsp3) is 0.0769. The van der Waals surface area contributed by atoms with Crippen LogP contribution in [0, 0.1) is 0 Å². The molecule has 2 aromatic heterocycles. The molecule has 0 saturated carbocycles. The van der Waals surface area contributed by atoms with Gasteiger partial charge in [-0.1, -0.05) is 15.9 Å². The van der Waals surface area contributed by atoms with Crippen molar-refractivity contribution in [3.63, 3.8) is 0 Å². The first-order valence-electron chi connectivity index (χ1n) is 5.49. The molecule has 0 bridgehead atoms. The SMILES string of the molecule is COc1c(-n2ccoc2=O)cnc2ccc(Br)cc12. The molecule has 0 aliphatic carbocycles. The maximum atomic E-state index is 11.6. The van der Waals surface area contributed by atoms with Crippen molar-refractivity contribution in [2.75, 3.05) is 7.11 Å². The lowest BCUT2D eigenvalue weighted by Gasteiger charge is -2.10. The Morgan fingerprint density at radius 3 is 2.95 bits per heavy atom. The second kappa shape index (κ2) is 4.55. The standard InChI is InChI=1S/C13H9BrN2O3/c1-18-12-9-6-8(14)2-3-10(9)15-7-11(12)16-4-5-19-13(16)17/h2-7H,1H3. The van der Waals surface area contributed by atoms with Gasteiger partial charge < -0.3 is 9.15 Å². The van der Waals surface area contributed by atoms with E-state index in [1.54, 1.807) is 13.3 Å². The lowest BCUT2D eigenvalue weighted by molar-refractivity contribution is 0.415. The van der Waals surface area contributed by atoms with Gasteiger partial charge in [0.15, 0.2) is 5.75 Å². The van der Waals surface area contributed by atoms with Gasteiger partial charge in [0.05, 0.1) is 25.0 Å². The summed E-state index contributed by atoms with van der Waals surface area (Å²) in [6.45, 7) is 0. The topological polar surface area (TPSA) is 57.3 Å². The van der Waals surface area contributed by atoms with Crippen molar-refractivity contribution in [1.29, 1.82) is 0 Å². The lowest BCUT2D eigenvalue weighted by Crippen LogP contribution is -2.12. The summed E-state index contributed by atoms with van der Waals surface area (Å²) in [6, 6.07) is 5.68. The third-order valence-electron chi connectivity index (χ3n) is 2.80. The Bertz CT molecular complexity index is 807. The number of hydrogen-bond donors (Lipinski definition) is 0. The number of fused-ring (bicyclic) bond motifs is 1. The van der Waals surface area contributed by atoms with Crippen LogP contribution in [0.4, 0.5) is 0 Å². The molecule has 2 heterocycles. The Kier molecular flexibility index (Phi) is 2.87. The van der Waals surface area contributed by atoms with E-state index in [1.165, 1.54) is 17.0 Å². The molecule has 0 spiro atoms. The van der Waals surface area contributed by atoms with Gasteiger partial charge in [-0.2, -0.15) is 0 Å². The van der Waals surface area contributed by atoms with Crippen molar-refractivity contribution in [1.82, 2.24) is 9.55 Å². The van der Waals surface area contributed by atoms with Crippen LogP contribution in [0.5, 0.6) is 5.75 Å². The van der Waals surface area contributed by atoms with Crippen LogP contribution in [0.2, 0.25) is 0 Å². The molecule has 0 amide bonds. The monoisotopic (exact) mass is 320 g/mol. The molecular formula is C13H9BrN2O3. The summed E-state index contributed by atoms with van der Waals surface area (Å²) in [5, 5.41) is 0.822. The van der Waals surface area contributed by atoms with E-state index in [0.717, 1.165) is 15.4 Å². The lowest BCUT2D eigenvalue weighted by atomic mass is 10.2. The summed E-state index contributed by atoms with van der Waals surface area (Å²) in [6.07, 6.45) is 4.45. The number of aromatic nitrogens is 2. The van der Waals surface area contributed by atoms with Crippen molar-refractivity contribution < 1.29 is 9.15 Å². The number of methoxy groups -OCH3 is 1. The van der Waals surface area contributed by atoms with Crippen LogP contribution in [0.25, 0.3) is 16.6 Å². The molecule has 96 valence electrons. The van der Waals surface area contributed by atoms with Crippen LogP contribution in [-0.2, 0) is 0 Å². The van der Waals surface area contributed by atoms with E-state index in [4.69, 9.17) is 9.15 Å². The average Bonchev–Trinajstić information content (AvgIpc) is 2.83. The summed E-state index contributed by atoms with van der Waals surface area (Å²) < 4.78 is 12.5. The second-order valence-electron chi connectivity index (χ2n) is 3.88. The molecule has 0 fully saturated rings. The molecule has 19 heavy (non-hydrogen) atoms. The fourth-order valence-corrected chi connectivity index (χ4v) is 2.32. The molecular weight excluding hydrogens is 312 g/mol. The van der Waals surface area contributed by atoms with Crippen LogP contribution in [0.3, 0.4) is 0 Å². The predicted octanol–water partition coefficient (Wildman–Crippen LogP) is 2.75. The molecule has 0 aliphatic heterocycles. The Morgan fingerprint density at radius 1 is 1.42 bits per heavy atom. The van der Waals surface area contributed by atoms with Crippen LogP contribution in [0.15, 0.2) is 50.5 Å². The summed E-state index contributed by atoms with van der Waals surface area (Å²) in [7, 11) is 1.56. The Morgan fingerprint density at radius 2 is 2.26 bits per heavy atom. The van der Waals surface area contributed by atoms with E-state index in [-0.39, 0.29) is 0 Å². The summed E-state index contributed by atoms with van der Waals surface area (Å²) in [5.41, 5.74) is 1.34. The molecule has 6 heteroatoms. The zero-order valence-corrected chi connectivity index (χ0v) is 11.5. The number of halogens is 1. The van der Waals surface area contributed by atoms with E-state index >= 15 is 0 Å². The molecule has 1 aromatic carbocycles. The summed E-state index contributed by atoms with van der Waals surface area (Å²) in [4.78, 5) is 15.9. The zero-order valence-electron chi connectivity index (χ0n) is 9.96. The highest BCUT2D eigenvalue weighted by atomic mass is 79.9. The number of benzene rings is 1. The number of oxazole rings is 1. The van der Waals surface area contributed by atoms with Gasteiger partial charge in [-0.25, -0.2) is 9.36 Å². The fourth-order valence-electron chi connectivity index (χ4n) is 1.96. The van der Waals surface area contributed by atoms with Gasteiger partial charge in [0.1, 0.15) is 12.0 Å². The van der Waals surface area contributed by atoms with Gasteiger partial charge in [-0.05, 0) is 18.2 Å². The van der Waals surface area contributed by atoms with Crippen LogP contribution < -0.4 is 10.5 Å². The number of pyridine rings is 1. The van der Waals surface area contributed by atoms with E-state index in [1.807, 2.05) is 18.2 Å². The minimum atomic E-state index is -0.477. The van der Waals surface area contributed by atoms with Crippen molar-refractivity contribution in [2.24, 2.45) is 0 Å². The number of ether oxygens (including phenoxy) is 1. The van der Waals surface area contributed by atoms with Gasteiger partial charge in [-0.3, -0.25) is 4.98 Å². The quantitative estimate of drug-likeness (QED) is 0.728. The van der Waals surface area contributed by atoms with Crippen LogP contribution in [0.1, 0.15) is 0 Å². The summed E-state index contributed by atoms with van der Waals surface area (Å²) >= 11 is 3.41. The molecule has 3 rings (SSSR count). The van der Waals surface area contributed by atoms with Gasteiger partial charge in [0.25, 0.3) is 0 Å². The smallest absolute Gasteiger partial charge is 0.423 e. The molecule has 0 unspecified atom stereocenters. The zero-order chi connectivity index (χ0) is 13.4. The van der Waals surface area contributed by atoms with Crippen molar-refractivity contribution in [2.45, 2.75) is 0 Å². The predicted molar refractivity (Wildman–Crippen MR) is 73.9 cm³/mol. The van der Waals surface area contributed by atoms with Gasteiger partial charge in [-0.15, -0.1) is 0 Å². The number of rotatable bonds is 2. The van der Waals surface area contributed by atoms with E-state index < -0.39 is 5.76 Å². The molecule has 0 aliphatic rings. The minimum absolute atomic E-state index is 0.477. The molecule has 0 saturated heterocycles. The van der Waals surface area contributed by atoms with E-state index in [2.05, 4.69) is 20.9 Å². The molecule has 5 nitrogen and oxygen atoms in total. The van der Waals surface area contributed by atoms with Gasteiger partial charge in [0, 0.05) is 9.86 Å². The van der Waals surface area contributed by atoms with Crippen LogP contribution >= 0.6 is 15.9 Å². The largest absolute Gasteiger partial charge is 0.494 e. The Balaban J connectivity index is 2.38. The summed E-state index contributed by atoms with van der Waals surface area (Å²) in [5.74, 6) is 0.101. The van der Waals surface area contributed by atoms with Crippen LogP contribution in [-0.4, -0.2) is 16.7 Å². The van der Waals surface area contributed by atoms with Crippen molar-refractivity contribution in [3.05, 3.63) is 51.9 Å². The van der Waals surface area contributed by atoms with E-state index in [0.29, 0.717) is 11.4 Å². The minimum Gasteiger partial charge on any atom is -0.494 e.